The lowest BCUT2D eigenvalue weighted by molar-refractivity contribution is -0.137. The lowest BCUT2D eigenvalue weighted by atomic mass is 10.1. The molecule has 0 spiro atoms. The van der Waals surface area contributed by atoms with Crippen LogP contribution in [0.5, 0.6) is 11.5 Å². The van der Waals surface area contributed by atoms with Crippen molar-refractivity contribution in [2.24, 2.45) is 0 Å². The van der Waals surface area contributed by atoms with E-state index in [0.717, 1.165) is 11.8 Å². The molecule has 0 saturated carbocycles. The summed E-state index contributed by atoms with van der Waals surface area (Å²) in [4.78, 5) is 25.2. The van der Waals surface area contributed by atoms with Gasteiger partial charge in [-0.25, -0.2) is 4.39 Å². The molecular weight excluding hydrogens is 417 g/mol. The van der Waals surface area contributed by atoms with Crippen LogP contribution in [-0.4, -0.2) is 35.0 Å². The lowest BCUT2D eigenvalue weighted by Gasteiger charge is -2.14. The van der Waals surface area contributed by atoms with Crippen LogP contribution in [0.15, 0.2) is 47.4 Å². The highest BCUT2D eigenvalue weighted by atomic mass is 32.2. The number of halogens is 1. The molecule has 1 heterocycles. The Morgan fingerprint density at radius 3 is 2.62 bits per heavy atom. The normalized spacial score (nSPS) is 15.1. The number of thioether (sulfide) groups is 1. The van der Waals surface area contributed by atoms with Gasteiger partial charge >= 0.3 is 5.97 Å². The van der Waals surface area contributed by atoms with Gasteiger partial charge in [-0.1, -0.05) is 30.0 Å². The average molecular weight is 433 g/mol. The number of rotatable bonds is 7. The molecule has 0 atom stereocenters. The second-order valence-corrected chi connectivity index (χ2v) is 7.57. The largest absolute Gasteiger partial charge is 0.493 e. The van der Waals surface area contributed by atoms with Crippen LogP contribution in [0, 0.1) is 5.82 Å². The number of carbonyl (C=O) groups is 2. The number of methoxy groups -OCH3 is 1. The summed E-state index contributed by atoms with van der Waals surface area (Å²) in [7, 11) is 1.47. The molecule has 150 valence electrons. The number of anilines is 1. The second-order valence-electron chi connectivity index (χ2n) is 5.90. The first-order valence-corrected chi connectivity index (χ1v) is 9.67. The molecule has 1 fully saturated rings. The Hall–Kier alpha value is -2.91. The van der Waals surface area contributed by atoms with Crippen molar-refractivity contribution in [1.82, 2.24) is 0 Å². The number of carboxylic acid groups (broad SMARTS) is 1. The third kappa shape index (κ3) is 4.93. The summed E-state index contributed by atoms with van der Waals surface area (Å²) in [6.45, 7) is 0.0152. The molecule has 0 unspecified atom stereocenters. The minimum absolute atomic E-state index is 0.0152. The van der Waals surface area contributed by atoms with E-state index in [1.54, 1.807) is 24.3 Å². The number of aliphatic carboxylic acids is 1. The highest BCUT2D eigenvalue weighted by molar-refractivity contribution is 8.27. The summed E-state index contributed by atoms with van der Waals surface area (Å²) in [6.07, 6.45) is 1.54. The standard InChI is InChI=1S/C20H16FNO5S2/c1-26-16-10-12(2-7-15(16)27-9-8-18(23)24)11-17-19(25)22(20(28)29-17)14-5-3-13(21)4-6-14/h2-7,10-11H,8-9H2,1H3,(H,23,24)/b17-11+. The van der Waals surface area contributed by atoms with Gasteiger partial charge in [0, 0.05) is 0 Å². The molecule has 9 heteroatoms. The fourth-order valence-corrected chi connectivity index (χ4v) is 3.87. The van der Waals surface area contributed by atoms with Crippen LogP contribution in [0.4, 0.5) is 10.1 Å². The molecule has 0 aliphatic carbocycles. The van der Waals surface area contributed by atoms with E-state index in [1.165, 1.54) is 36.3 Å². The van der Waals surface area contributed by atoms with Crippen LogP contribution < -0.4 is 14.4 Å². The van der Waals surface area contributed by atoms with Crippen molar-refractivity contribution in [3.05, 3.63) is 58.8 Å². The van der Waals surface area contributed by atoms with E-state index in [-0.39, 0.29) is 18.9 Å². The molecule has 3 rings (SSSR count). The van der Waals surface area contributed by atoms with Crippen molar-refractivity contribution in [1.29, 1.82) is 0 Å². The number of amides is 1. The number of ether oxygens (including phenoxy) is 2. The van der Waals surface area contributed by atoms with E-state index in [1.807, 2.05) is 0 Å². The maximum atomic E-state index is 13.1. The van der Waals surface area contributed by atoms with Gasteiger partial charge in [-0.15, -0.1) is 0 Å². The van der Waals surface area contributed by atoms with Crippen LogP contribution >= 0.6 is 24.0 Å². The Balaban J connectivity index is 1.80. The van der Waals surface area contributed by atoms with Gasteiger partial charge in [0.25, 0.3) is 5.91 Å². The van der Waals surface area contributed by atoms with E-state index in [9.17, 15) is 14.0 Å². The zero-order valence-corrected chi connectivity index (χ0v) is 16.9. The Morgan fingerprint density at radius 1 is 1.24 bits per heavy atom. The van der Waals surface area contributed by atoms with Crippen LogP contribution in [0.1, 0.15) is 12.0 Å². The summed E-state index contributed by atoms with van der Waals surface area (Å²) >= 11 is 6.45. The molecule has 6 nitrogen and oxygen atoms in total. The average Bonchev–Trinajstić information content (AvgIpc) is 2.96. The van der Waals surface area contributed by atoms with Crippen LogP contribution in [0.2, 0.25) is 0 Å². The van der Waals surface area contributed by atoms with Gasteiger partial charge in [0.1, 0.15) is 5.82 Å². The van der Waals surface area contributed by atoms with Gasteiger partial charge in [0.2, 0.25) is 0 Å². The summed E-state index contributed by atoms with van der Waals surface area (Å²) < 4.78 is 24.2. The molecule has 2 aromatic carbocycles. The molecule has 1 saturated heterocycles. The maximum absolute atomic E-state index is 13.1. The number of hydrogen-bond acceptors (Lipinski definition) is 6. The van der Waals surface area contributed by atoms with Crippen molar-refractivity contribution in [2.75, 3.05) is 18.6 Å². The van der Waals surface area contributed by atoms with Crippen LogP contribution in [0.25, 0.3) is 6.08 Å². The van der Waals surface area contributed by atoms with Crippen LogP contribution in [-0.2, 0) is 9.59 Å². The zero-order valence-electron chi connectivity index (χ0n) is 15.3. The monoisotopic (exact) mass is 433 g/mol. The van der Waals surface area contributed by atoms with Gasteiger partial charge in [-0.2, -0.15) is 0 Å². The summed E-state index contributed by atoms with van der Waals surface area (Å²) in [5.41, 5.74) is 1.18. The molecule has 29 heavy (non-hydrogen) atoms. The number of carbonyl (C=O) groups excluding carboxylic acids is 1. The number of thiocarbonyl (C=S) groups is 1. The Morgan fingerprint density at radius 2 is 1.97 bits per heavy atom. The van der Waals surface area contributed by atoms with Crippen molar-refractivity contribution in [2.45, 2.75) is 6.42 Å². The van der Waals surface area contributed by atoms with Crippen LogP contribution in [0.3, 0.4) is 0 Å². The Labute approximate surface area is 175 Å². The predicted octanol–water partition coefficient (Wildman–Crippen LogP) is 4.09. The highest BCUT2D eigenvalue weighted by Gasteiger charge is 2.33. The molecule has 0 aromatic heterocycles. The Kier molecular flexibility index (Phi) is 6.50. The SMILES string of the molecule is COc1cc(/C=C2/SC(=S)N(c3ccc(F)cc3)C2=O)ccc1OCCC(=O)O. The van der Waals surface area contributed by atoms with Crippen molar-refractivity contribution in [3.8, 4) is 11.5 Å². The predicted molar refractivity (Wildman–Crippen MR) is 113 cm³/mol. The Bertz CT molecular complexity index is 991. The quantitative estimate of drug-likeness (QED) is 0.521. The topological polar surface area (TPSA) is 76.1 Å². The lowest BCUT2D eigenvalue weighted by Crippen LogP contribution is -2.27. The van der Waals surface area contributed by atoms with Crippen molar-refractivity contribution < 1.29 is 28.6 Å². The molecular formula is C20H16FNO5S2. The van der Waals surface area contributed by atoms with E-state index < -0.39 is 11.8 Å². The smallest absolute Gasteiger partial charge is 0.306 e. The summed E-state index contributed by atoms with van der Waals surface area (Å²) in [5.74, 6) is -0.827. The van der Waals surface area contributed by atoms with Gasteiger partial charge in [-0.3, -0.25) is 14.5 Å². The third-order valence-corrected chi connectivity index (χ3v) is 5.24. The molecule has 1 N–H and O–H groups in total. The molecule has 1 aliphatic heterocycles. The number of nitrogens with zero attached hydrogens (tertiary/aromatic N) is 1. The first kappa shape index (κ1) is 20.8. The number of benzene rings is 2. The summed E-state index contributed by atoms with van der Waals surface area (Å²) in [5, 5.41) is 8.70. The maximum Gasteiger partial charge on any atom is 0.306 e. The fraction of sp³-hybridized carbons (Fsp3) is 0.150. The molecule has 0 radical (unpaired) electrons. The molecule has 1 aliphatic rings. The number of carboxylic acids is 1. The number of hydrogen-bond donors (Lipinski definition) is 1. The minimum atomic E-state index is -0.955. The molecule has 1 amide bonds. The van der Waals surface area contributed by atoms with Gasteiger partial charge in [0.15, 0.2) is 15.8 Å². The van der Waals surface area contributed by atoms with E-state index in [4.69, 9.17) is 26.8 Å². The fourth-order valence-electron chi connectivity index (χ4n) is 2.57. The third-order valence-electron chi connectivity index (χ3n) is 3.94. The zero-order chi connectivity index (χ0) is 21.0. The minimum Gasteiger partial charge on any atom is -0.493 e. The van der Waals surface area contributed by atoms with Crippen molar-refractivity contribution in [3.63, 3.8) is 0 Å². The summed E-state index contributed by atoms with van der Waals surface area (Å²) in [6, 6.07) is 10.6. The second kappa shape index (κ2) is 9.06. The van der Waals surface area contributed by atoms with Gasteiger partial charge in [0.05, 0.1) is 30.7 Å². The first-order chi connectivity index (χ1) is 13.9. The van der Waals surface area contributed by atoms with E-state index in [0.29, 0.717) is 32.0 Å². The highest BCUT2D eigenvalue weighted by Crippen LogP contribution is 2.37. The first-order valence-electron chi connectivity index (χ1n) is 8.45. The van der Waals surface area contributed by atoms with E-state index in [2.05, 4.69) is 0 Å². The molecule has 0 bridgehead atoms. The van der Waals surface area contributed by atoms with E-state index >= 15 is 0 Å². The van der Waals surface area contributed by atoms with Crippen molar-refractivity contribution >= 4 is 51.9 Å². The van der Waals surface area contributed by atoms with Gasteiger partial charge in [-0.05, 0) is 48.0 Å². The molecule has 2 aromatic rings. The van der Waals surface area contributed by atoms with Gasteiger partial charge < -0.3 is 14.6 Å².